The Bertz CT molecular complexity index is 1570. The lowest BCUT2D eigenvalue weighted by atomic mass is 9.65. The van der Waals surface area contributed by atoms with Gasteiger partial charge in [0.05, 0.1) is 5.60 Å². The van der Waals surface area contributed by atoms with E-state index < -0.39 is 17.3 Å². The van der Waals surface area contributed by atoms with E-state index in [1.807, 2.05) is 36.1 Å². The van der Waals surface area contributed by atoms with Gasteiger partial charge in [-0.2, -0.15) is 4.98 Å². The smallest absolute Gasteiger partial charge is 0.246 e. The minimum atomic E-state index is -1.07. The van der Waals surface area contributed by atoms with Crippen molar-refractivity contribution >= 4 is 46.1 Å². The SMILES string of the molecule is C=CC(=O)N1CCN(c2nc(NCCC(=O)N(C)C)nc3c(F)c([C@@H]4c5ccccc5CC(C)(O)[C@@H]4C)c(Cl)cc23)CC1. The molecular weight excluding hydrogens is 571 g/mol. The van der Waals surface area contributed by atoms with Gasteiger partial charge in [-0.15, -0.1) is 0 Å². The van der Waals surface area contributed by atoms with Gasteiger partial charge in [-0.25, -0.2) is 9.37 Å². The van der Waals surface area contributed by atoms with Crippen molar-refractivity contribution in [3.8, 4) is 0 Å². The van der Waals surface area contributed by atoms with Crippen molar-refractivity contribution in [1.29, 1.82) is 0 Å². The number of anilines is 2. The molecule has 2 aliphatic rings. The van der Waals surface area contributed by atoms with E-state index in [2.05, 4.69) is 16.9 Å². The van der Waals surface area contributed by atoms with Gasteiger partial charge in [0.2, 0.25) is 17.8 Å². The van der Waals surface area contributed by atoms with Crippen molar-refractivity contribution in [3.05, 3.63) is 70.5 Å². The Kier molecular flexibility index (Phi) is 8.63. The largest absolute Gasteiger partial charge is 0.390 e. The molecule has 1 fully saturated rings. The van der Waals surface area contributed by atoms with Gasteiger partial charge < -0.3 is 25.1 Å². The Hall–Kier alpha value is -3.76. The lowest BCUT2D eigenvalue weighted by molar-refractivity contribution is -0.128. The number of carbonyl (C=O) groups is 2. The van der Waals surface area contributed by atoms with Crippen LogP contribution >= 0.6 is 11.6 Å². The van der Waals surface area contributed by atoms with Gasteiger partial charge in [-0.3, -0.25) is 9.59 Å². The topological polar surface area (TPSA) is 102 Å². The number of hydrogen-bond acceptors (Lipinski definition) is 7. The second kappa shape index (κ2) is 12.1. The average Bonchev–Trinajstić information content (AvgIpc) is 2.98. The molecule has 2 heterocycles. The Balaban J connectivity index is 1.62. The van der Waals surface area contributed by atoms with E-state index in [-0.39, 0.29) is 52.7 Å². The third kappa shape index (κ3) is 5.90. The molecule has 11 heteroatoms. The highest BCUT2D eigenvalue weighted by Crippen LogP contribution is 2.49. The first-order valence-electron chi connectivity index (χ1n) is 14.5. The normalized spacial score (nSPS) is 21.8. The molecule has 3 atom stereocenters. The maximum Gasteiger partial charge on any atom is 0.246 e. The molecule has 2 N–H and O–H groups in total. The second-order valence-corrected chi connectivity index (χ2v) is 12.2. The predicted octanol–water partition coefficient (Wildman–Crippen LogP) is 4.22. The number of aliphatic hydroxyl groups is 1. The van der Waals surface area contributed by atoms with Crippen molar-refractivity contribution < 1.29 is 19.1 Å². The number of carbonyl (C=O) groups excluding carboxylic acids is 2. The monoisotopic (exact) mass is 608 g/mol. The fraction of sp³-hybridized carbons (Fsp3) is 0.438. The molecule has 1 aliphatic heterocycles. The Morgan fingerprint density at radius 1 is 1.23 bits per heavy atom. The summed E-state index contributed by atoms with van der Waals surface area (Å²) in [6, 6.07) is 9.48. The lowest BCUT2D eigenvalue weighted by Gasteiger charge is -2.42. The van der Waals surface area contributed by atoms with Crippen molar-refractivity contribution in [2.24, 2.45) is 5.92 Å². The second-order valence-electron chi connectivity index (χ2n) is 11.8. The maximum absolute atomic E-state index is 16.9. The van der Waals surface area contributed by atoms with E-state index in [0.29, 0.717) is 43.8 Å². The van der Waals surface area contributed by atoms with Gasteiger partial charge in [0.1, 0.15) is 11.3 Å². The molecule has 1 aliphatic carbocycles. The zero-order valence-corrected chi connectivity index (χ0v) is 25.8. The van der Waals surface area contributed by atoms with Crippen LogP contribution < -0.4 is 10.2 Å². The van der Waals surface area contributed by atoms with Crippen molar-refractivity contribution in [2.45, 2.75) is 38.2 Å². The standard InChI is InChI=1S/C32H38ClFN6O3/c1-6-24(41)39-13-15-40(16-14-39)30-22-17-23(33)27(26-19(2)32(3,43)18-20-9-7-8-10-21(20)26)28(34)29(22)36-31(37-30)35-12-11-25(42)38(4)5/h6-10,17,19,26,43H,1,11-16,18H2,2-5H3,(H,35,36,37)/t19-,26+,32?/m1/s1. The molecule has 3 aromatic rings. The zero-order chi connectivity index (χ0) is 31.1. The van der Waals surface area contributed by atoms with Crippen molar-refractivity contribution in [1.82, 2.24) is 19.8 Å². The minimum absolute atomic E-state index is 0.0613. The van der Waals surface area contributed by atoms with Gasteiger partial charge in [0.15, 0.2) is 5.82 Å². The Labute approximate surface area is 256 Å². The first-order valence-corrected chi connectivity index (χ1v) is 14.9. The highest BCUT2D eigenvalue weighted by molar-refractivity contribution is 6.32. The van der Waals surface area contributed by atoms with Crippen LogP contribution in [0.1, 0.15) is 42.9 Å². The van der Waals surface area contributed by atoms with E-state index in [0.717, 1.165) is 11.1 Å². The Morgan fingerprint density at radius 3 is 2.60 bits per heavy atom. The van der Waals surface area contributed by atoms with Crippen LogP contribution in [0.3, 0.4) is 0 Å². The maximum atomic E-state index is 16.9. The van der Waals surface area contributed by atoms with Crippen LogP contribution in [0.4, 0.5) is 16.2 Å². The highest BCUT2D eigenvalue weighted by atomic mass is 35.5. The number of halogens is 2. The van der Waals surface area contributed by atoms with E-state index in [1.165, 1.54) is 11.0 Å². The van der Waals surface area contributed by atoms with Crippen LogP contribution in [-0.4, -0.2) is 89.1 Å². The number of piperazine rings is 1. The molecule has 5 rings (SSSR count). The first-order chi connectivity index (χ1) is 20.4. The molecular formula is C32H38ClFN6O3. The number of rotatable bonds is 7. The number of aromatic nitrogens is 2. The molecule has 43 heavy (non-hydrogen) atoms. The fourth-order valence-electron chi connectivity index (χ4n) is 6.15. The van der Waals surface area contributed by atoms with E-state index in [9.17, 15) is 14.7 Å². The van der Waals surface area contributed by atoms with E-state index in [4.69, 9.17) is 16.6 Å². The molecule has 228 valence electrons. The summed E-state index contributed by atoms with van der Waals surface area (Å²) in [5.74, 6) is -0.923. The van der Waals surface area contributed by atoms with Gasteiger partial charge >= 0.3 is 0 Å². The van der Waals surface area contributed by atoms with Crippen LogP contribution in [0.2, 0.25) is 5.02 Å². The molecule has 9 nitrogen and oxygen atoms in total. The van der Waals surface area contributed by atoms with Gasteiger partial charge in [0.25, 0.3) is 0 Å². The first kappa shape index (κ1) is 30.7. The number of amides is 2. The van der Waals surface area contributed by atoms with Crippen LogP contribution in [-0.2, 0) is 16.0 Å². The molecule has 2 amide bonds. The highest BCUT2D eigenvalue weighted by Gasteiger charge is 2.43. The number of fused-ring (bicyclic) bond motifs is 2. The summed E-state index contributed by atoms with van der Waals surface area (Å²) in [7, 11) is 3.37. The molecule has 1 unspecified atom stereocenters. The Morgan fingerprint density at radius 2 is 1.93 bits per heavy atom. The summed E-state index contributed by atoms with van der Waals surface area (Å²) in [5, 5.41) is 15.1. The van der Waals surface area contributed by atoms with Crippen LogP contribution in [0, 0.1) is 11.7 Å². The van der Waals surface area contributed by atoms with E-state index in [1.54, 1.807) is 32.0 Å². The molecule has 0 saturated carbocycles. The minimum Gasteiger partial charge on any atom is -0.390 e. The van der Waals surface area contributed by atoms with E-state index >= 15 is 4.39 Å². The van der Waals surface area contributed by atoms with Crippen LogP contribution in [0.15, 0.2) is 43.0 Å². The van der Waals surface area contributed by atoms with Gasteiger partial charge in [0, 0.05) is 81.6 Å². The third-order valence-electron chi connectivity index (χ3n) is 8.82. The van der Waals surface area contributed by atoms with Crippen molar-refractivity contribution in [3.63, 3.8) is 0 Å². The quantitative estimate of drug-likeness (QED) is 0.387. The summed E-state index contributed by atoms with van der Waals surface area (Å²) in [6.45, 7) is 9.40. The van der Waals surface area contributed by atoms with Gasteiger partial charge in [-0.05, 0) is 36.1 Å². The summed E-state index contributed by atoms with van der Waals surface area (Å²) in [6.07, 6.45) is 1.97. The number of nitrogens with zero attached hydrogens (tertiary/aromatic N) is 5. The van der Waals surface area contributed by atoms with Crippen LogP contribution in [0.5, 0.6) is 0 Å². The summed E-state index contributed by atoms with van der Waals surface area (Å²) in [5.41, 5.74) is 1.20. The molecule has 2 aromatic carbocycles. The molecule has 1 saturated heterocycles. The summed E-state index contributed by atoms with van der Waals surface area (Å²) >= 11 is 6.93. The fourth-order valence-corrected chi connectivity index (χ4v) is 6.46. The molecule has 1 aromatic heterocycles. The third-order valence-corrected chi connectivity index (χ3v) is 9.13. The molecule has 0 bridgehead atoms. The number of benzene rings is 2. The van der Waals surface area contributed by atoms with Crippen LogP contribution in [0.25, 0.3) is 10.9 Å². The van der Waals surface area contributed by atoms with Crippen molar-refractivity contribution in [2.75, 3.05) is 57.0 Å². The predicted molar refractivity (Wildman–Crippen MR) is 167 cm³/mol. The average molecular weight is 609 g/mol. The van der Waals surface area contributed by atoms with Gasteiger partial charge in [-0.1, -0.05) is 49.4 Å². The number of hydrogen-bond donors (Lipinski definition) is 2. The summed E-state index contributed by atoms with van der Waals surface area (Å²) < 4.78 is 16.9. The molecule has 0 spiro atoms. The number of nitrogens with one attached hydrogen (secondary N) is 1. The zero-order valence-electron chi connectivity index (χ0n) is 25.0. The lowest BCUT2D eigenvalue weighted by Crippen LogP contribution is -2.48. The molecule has 0 radical (unpaired) electrons. The summed E-state index contributed by atoms with van der Waals surface area (Å²) in [4.78, 5) is 38.9.